The second kappa shape index (κ2) is 4.75. The van der Waals surface area contributed by atoms with Crippen molar-refractivity contribution < 1.29 is 13.2 Å². The van der Waals surface area contributed by atoms with Crippen molar-refractivity contribution in [3.63, 3.8) is 0 Å². The Labute approximate surface area is 107 Å². The zero-order chi connectivity index (χ0) is 14.0. The van der Waals surface area contributed by atoms with Crippen LogP contribution in [0.1, 0.15) is 16.7 Å². The second-order valence-electron chi connectivity index (χ2n) is 3.99. The molecule has 4 N–H and O–H groups in total. The summed E-state index contributed by atoms with van der Waals surface area (Å²) in [5, 5.41) is 0. The van der Waals surface area contributed by atoms with Crippen LogP contribution in [0.25, 0.3) is 0 Å². The molecule has 19 heavy (non-hydrogen) atoms. The summed E-state index contributed by atoms with van der Waals surface area (Å²) in [4.78, 5) is 7.60. The molecule has 0 unspecified atom stereocenters. The van der Waals surface area contributed by atoms with Crippen LogP contribution in [0.5, 0.6) is 0 Å². The highest BCUT2D eigenvalue weighted by molar-refractivity contribution is 5.54. The highest BCUT2D eigenvalue weighted by atomic mass is 19.4. The van der Waals surface area contributed by atoms with Gasteiger partial charge in [-0.1, -0.05) is 12.1 Å². The number of hydrogen-bond donors (Lipinski definition) is 2. The summed E-state index contributed by atoms with van der Waals surface area (Å²) in [7, 11) is 0. The second-order valence-corrected chi connectivity index (χ2v) is 3.99. The predicted molar refractivity (Wildman–Crippen MR) is 65.1 cm³/mol. The summed E-state index contributed by atoms with van der Waals surface area (Å²) in [6.45, 7) is 0. The number of alkyl halides is 3. The standard InChI is InChI=1S/C12H11F3N4/c13-12(14,15)8-3-1-7(2-4-8)5-9-10(16)18-6-19-11(9)17/h1-4,6H,5H2,(H4,16,17,18,19). The third kappa shape index (κ3) is 2.93. The van der Waals surface area contributed by atoms with E-state index in [4.69, 9.17) is 11.5 Å². The molecule has 0 bridgehead atoms. The van der Waals surface area contributed by atoms with Crippen molar-refractivity contribution in [3.05, 3.63) is 47.3 Å². The molecule has 0 spiro atoms. The molecule has 1 aromatic carbocycles. The van der Waals surface area contributed by atoms with Crippen molar-refractivity contribution in [2.45, 2.75) is 12.6 Å². The van der Waals surface area contributed by atoms with Gasteiger partial charge in [-0.05, 0) is 17.7 Å². The molecule has 2 rings (SSSR count). The van der Waals surface area contributed by atoms with Gasteiger partial charge in [0.05, 0.1) is 5.56 Å². The van der Waals surface area contributed by atoms with E-state index < -0.39 is 11.7 Å². The highest BCUT2D eigenvalue weighted by Gasteiger charge is 2.29. The molecule has 7 heteroatoms. The first kappa shape index (κ1) is 13.1. The number of nitrogen functional groups attached to an aromatic ring is 2. The predicted octanol–water partition coefficient (Wildman–Crippen LogP) is 2.25. The molecule has 0 aliphatic heterocycles. The maximum atomic E-state index is 12.4. The van der Waals surface area contributed by atoms with Gasteiger partial charge < -0.3 is 11.5 Å². The number of nitrogens with two attached hydrogens (primary N) is 2. The number of nitrogens with zero attached hydrogens (tertiary/aromatic N) is 2. The zero-order valence-electron chi connectivity index (χ0n) is 9.78. The maximum absolute atomic E-state index is 12.4. The molecule has 4 nitrogen and oxygen atoms in total. The molecule has 100 valence electrons. The van der Waals surface area contributed by atoms with Crippen LogP contribution in [0.4, 0.5) is 24.8 Å². The van der Waals surface area contributed by atoms with Gasteiger partial charge in [0, 0.05) is 12.0 Å². The molecule has 2 aromatic rings. The molecule has 0 amide bonds. The minimum absolute atomic E-state index is 0.229. The lowest BCUT2D eigenvalue weighted by molar-refractivity contribution is -0.137. The fraction of sp³-hybridized carbons (Fsp3) is 0.167. The first-order valence-electron chi connectivity index (χ1n) is 5.39. The number of aromatic nitrogens is 2. The molecule has 0 saturated heterocycles. The van der Waals surface area contributed by atoms with Gasteiger partial charge in [-0.15, -0.1) is 0 Å². The van der Waals surface area contributed by atoms with Gasteiger partial charge in [-0.3, -0.25) is 0 Å². The van der Waals surface area contributed by atoms with E-state index in [-0.39, 0.29) is 18.1 Å². The third-order valence-electron chi connectivity index (χ3n) is 2.67. The zero-order valence-corrected chi connectivity index (χ0v) is 9.78. The summed E-state index contributed by atoms with van der Waals surface area (Å²) in [6.07, 6.45) is -2.82. The van der Waals surface area contributed by atoms with Gasteiger partial charge in [-0.2, -0.15) is 13.2 Å². The minimum atomic E-state index is -4.34. The summed E-state index contributed by atoms with van der Waals surface area (Å²) in [5.74, 6) is 0.458. The van der Waals surface area contributed by atoms with Crippen LogP contribution in [-0.2, 0) is 12.6 Å². The number of anilines is 2. The van der Waals surface area contributed by atoms with Crippen LogP contribution < -0.4 is 11.5 Å². The van der Waals surface area contributed by atoms with E-state index in [1.807, 2.05) is 0 Å². The van der Waals surface area contributed by atoms with Crippen LogP contribution in [0, 0.1) is 0 Å². The summed E-state index contributed by atoms with van der Waals surface area (Å²) in [5.41, 5.74) is 11.8. The topological polar surface area (TPSA) is 77.8 Å². The van der Waals surface area contributed by atoms with Crippen LogP contribution in [0.3, 0.4) is 0 Å². The Kier molecular flexibility index (Phi) is 3.28. The smallest absolute Gasteiger partial charge is 0.383 e. The molecule has 0 fully saturated rings. The third-order valence-corrected chi connectivity index (χ3v) is 2.67. The summed E-state index contributed by atoms with van der Waals surface area (Å²) in [6, 6.07) is 4.81. The van der Waals surface area contributed by atoms with E-state index >= 15 is 0 Å². The largest absolute Gasteiger partial charge is 0.416 e. The molecular formula is C12H11F3N4. The monoisotopic (exact) mass is 268 g/mol. The molecular weight excluding hydrogens is 257 g/mol. The van der Waals surface area contributed by atoms with Crippen molar-refractivity contribution >= 4 is 11.6 Å². The van der Waals surface area contributed by atoms with Crippen LogP contribution in [0.15, 0.2) is 30.6 Å². The molecule has 0 saturated carbocycles. The Bertz CT molecular complexity index is 558. The molecule has 1 aromatic heterocycles. The number of rotatable bonds is 2. The van der Waals surface area contributed by atoms with E-state index in [0.29, 0.717) is 11.1 Å². The van der Waals surface area contributed by atoms with Gasteiger partial charge >= 0.3 is 6.18 Å². The first-order chi connectivity index (χ1) is 8.88. The van der Waals surface area contributed by atoms with E-state index in [9.17, 15) is 13.2 Å². The Balaban J connectivity index is 2.25. The molecule has 0 radical (unpaired) electrons. The number of hydrogen-bond acceptors (Lipinski definition) is 4. The van der Waals surface area contributed by atoms with E-state index in [1.54, 1.807) is 0 Å². The lowest BCUT2D eigenvalue weighted by atomic mass is 10.0. The van der Waals surface area contributed by atoms with E-state index in [2.05, 4.69) is 9.97 Å². The SMILES string of the molecule is Nc1ncnc(N)c1Cc1ccc(C(F)(F)F)cc1. The summed E-state index contributed by atoms with van der Waals surface area (Å²) < 4.78 is 37.2. The minimum Gasteiger partial charge on any atom is -0.383 e. The number of halogens is 3. The number of benzene rings is 1. The van der Waals surface area contributed by atoms with Crippen LogP contribution >= 0.6 is 0 Å². The summed E-state index contributed by atoms with van der Waals surface area (Å²) >= 11 is 0. The quantitative estimate of drug-likeness (QED) is 0.875. The van der Waals surface area contributed by atoms with Gasteiger partial charge in [0.2, 0.25) is 0 Å². The first-order valence-corrected chi connectivity index (χ1v) is 5.39. The van der Waals surface area contributed by atoms with Crippen molar-refractivity contribution in [3.8, 4) is 0 Å². The normalized spacial score (nSPS) is 11.5. The average Bonchev–Trinajstić information content (AvgIpc) is 2.33. The lowest BCUT2D eigenvalue weighted by Crippen LogP contribution is -2.07. The van der Waals surface area contributed by atoms with Crippen molar-refractivity contribution in [2.75, 3.05) is 11.5 Å². The fourth-order valence-electron chi connectivity index (χ4n) is 1.64. The van der Waals surface area contributed by atoms with Gasteiger partial charge in [0.1, 0.15) is 18.0 Å². The molecule has 1 heterocycles. The maximum Gasteiger partial charge on any atom is 0.416 e. The fourth-order valence-corrected chi connectivity index (χ4v) is 1.64. The Hall–Kier alpha value is -2.31. The molecule has 0 aliphatic rings. The van der Waals surface area contributed by atoms with Crippen LogP contribution in [0.2, 0.25) is 0 Å². The van der Waals surface area contributed by atoms with Crippen LogP contribution in [-0.4, -0.2) is 9.97 Å². The average molecular weight is 268 g/mol. The Morgan fingerprint density at radius 3 is 1.95 bits per heavy atom. The lowest BCUT2D eigenvalue weighted by Gasteiger charge is -2.09. The van der Waals surface area contributed by atoms with Crippen molar-refractivity contribution in [2.24, 2.45) is 0 Å². The van der Waals surface area contributed by atoms with E-state index in [1.165, 1.54) is 18.5 Å². The van der Waals surface area contributed by atoms with Gasteiger partial charge in [0.15, 0.2) is 0 Å². The molecule has 0 aliphatic carbocycles. The Morgan fingerprint density at radius 2 is 1.47 bits per heavy atom. The Morgan fingerprint density at radius 1 is 0.947 bits per heavy atom. The van der Waals surface area contributed by atoms with Gasteiger partial charge in [-0.25, -0.2) is 9.97 Å². The van der Waals surface area contributed by atoms with Crippen molar-refractivity contribution in [1.29, 1.82) is 0 Å². The van der Waals surface area contributed by atoms with Crippen molar-refractivity contribution in [1.82, 2.24) is 9.97 Å². The highest BCUT2D eigenvalue weighted by Crippen LogP contribution is 2.29. The van der Waals surface area contributed by atoms with Gasteiger partial charge in [0.25, 0.3) is 0 Å². The van der Waals surface area contributed by atoms with E-state index in [0.717, 1.165) is 12.1 Å². The molecule has 0 atom stereocenters.